The van der Waals surface area contributed by atoms with Gasteiger partial charge in [0.25, 0.3) is 0 Å². The SMILES string of the molecule is CCCCC/C=C\CCCCCCCC(=O)OC(COCCCCCCCCCCCC)COP(=O)(O)OCC(N)C(=O)O. The summed E-state index contributed by atoms with van der Waals surface area (Å²) in [5, 5.41) is 8.83. The van der Waals surface area contributed by atoms with Crippen LogP contribution in [0.1, 0.15) is 149 Å². The Labute approximate surface area is 267 Å². The lowest BCUT2D eigenvalue weighted by Gasteiger charge is -2.20. The minimum atomic E-state index is -4.60. The van der Waals surface area contributed by atoms with Gasteiger partial charge in [-0.25, -0.2) is 4.57 Å². The van der Waals surface area contributed by atoms with Crippen LogP contribution in [0.2, 0.25) is 0 Å². The van der Waals surface area contributed by atoms with Crippen molar-refractivity contribution in [2.24, 2.45) is 5.73 Å². The van der Waals surface area contributed by atoms with E-state index in [1.54, 1.807) is 0 Å². The number of phosphoric ester groups is 1. The van der Waals surface area contributed by atoms with Crippen LogP contribution in [0.25, 0.3) is 0 Å². The lowest BCUT2D eigenvalue weighted by Crippen LogP contribution is -2.34. The van der Waals surface area contributed by atoms with Gasteiger partial charge in [0, 0.05) is 13.0 Å². The Hall–Kier alpha value is -1.29. The summed E-state index contributed by atoms with van der Waals surface area (Å²) in [6, 6.07) is -1.47. The molecule has 0 radical (unpaired) electrons. The van der Waals surface area contributed by atoms with Crippen LogP contribution in [0.15, 0.2) is 12.2 Å². The molecule has 4 N–H and O–H groups in total. The van der Waals surface area contributed by atoms with Crippen molar-refractivity contribution in [1.29, 1.82) is 0 Å². The summed E-state index contributed by atoms with van der Waals surface area (Å²) in [5.41, 5.74) is 5.32. The number of phosphoric acid groups is 1. The van der Waals surface area contributed by atoms with Gasteiger partial charge < -0.3 is 25.2 Å². The molecule has 10 nitrogen and oxygen atoms in total. The van der Waals surface area contributed by atoms with E-state index in [0.29, 0.717) is 13.0 Å². The van der Waals surface area contributed by atoms with Crippen molar-refractivity contribution in [1.82, 2.24) is 0 Å². The summed E-state index contributed by atoms with van der Waals surface area (Å²) in [6.45, 7) is 3.82. The van der Waals surface area contributed by atoms with Gasteiger partial charge in [-0.2, -0.15) is 0 Å². The fraction of sp³-hybridized carbons (Fsp3) is 0.879. The Kier molecular flexibility index (Phi) is 29.5. The van der Waals surface area contributed by atoms with Crippen LogP contribution in [0.3, 0.4) is 0 Å². The summed E-state index contributed by atoms with van der Waals surface area (Å²) < 4.78 is 33.0. The fourth-order valence-electron chi connectivity index (χ4n) is 4.54. The van der Waals surface area contributed by atoms with E-state index in [2.05, 4.69) is 30.5 Å². The lowest BCUT2D eigenvalue weighted by molar-refractivity contribution is -0.154. The summed E-state index contributed by atoms with van der Waals surface area (Å²) in [7, 11) is -4.60. The van der Waals surface area contributed by atoms with Crippen LogP contribution in [-0.4, -0.2) is 60.5 Å². The molecular weight excluding hydrogens is 585 g/mol. The van der Waals surface area contributed by atoms with E-state index < -0.39 is 45.1 Å². The van der Waals surface area contributed by atoms with Gasteiger partial charge in [-0.1, -0.05) is 116 Å². The third-order valence-electron chi connectivity index (χ3n) is 7.29. The number of hydrogen-bond acceptors (Lipinski definition) is 8. The van der Waals surface area contributed by atoms with Crippen LogP contribution in [0.5, 0.6) is 0 Å². The van der Waals surface area contributed by atoms with E-state index >= 15 is 0 Å². The zero-order chi connectivity index (χ0) is 32.7. The largest absolute Gasteiger partial charge is 0.480 e. The van der Waals surface area contributed by atoms with Crippen molar-refractivity contribution >= 4 is 19.8 Å². The van der Waals surface area contributed by atoms with E-state index in [1.165, 1.54) is 64.2 Å². The summed E-state index contributed by atoms with van der Waals surface area (Å²) in [5.74, 6) is -1.79. The molecule has 0 amide bonds. The first kappa shape index (κ1) is 42.7. The maximum absolute atomic E-state index is 12.5. The number of hydrogen-bond donors (Lipinski definition) is 3. The molecule has 44 heavy (non-hydrogen) atoms. The molecule has 0 saturated carbocycles. The molecule has 0 aromatic heterocycles. The normalized spacial score (nSPS) is 14.5. The van der Waals surface area contributed by atoms with Crippen LogP contribution in [-0.2, 0) is 32.7 Å². The molecule has 11 heteroatoms. The number of esters is 1. The van der Waals surface area contributed by atoms with Crippen molar-refractivity contribution in [3.63, 3.8) is 0 Å². The third kappa shape index (κ3) is 29.4. The second-order valence-corrected chi connectivity index (χ2v) is 13.1. The number of carbonyl (C=O) groups is 2. The molecule has 0 aliphatic heterocycles. The molecule has 260 valence electrons. The quantitative estimate of drug-likeness (QED) is 0.0274. The Morgan fingerprint density at radius 3 is 1.77 bits per heavy atom. The second kappa shape index (κ2) is 30.4. The molecule has 0 fully saturated rings. The number of carbonyl (C=O) groups excluding carboxylic acids is 1. The zero-order valence-electron chi connectivity index (χ0n) is 27.8. The standard InChI is InChI=1S/C33H64NO9P/c1-3-5-7-9-11-13-15-16-17-19-21-23-25-32(35)43-30(28-41-44(38,39)42-29-31(34)33(36)37)27-40-26-24-22-20-18-14-12-10-8-6-4-2/h11,13,30-31H,3-10,12,14-29,34H2,1-2H3,(H,36,37)(H,38,39)/b13-11-. The molecule has 0 aliphatic carbocycles. The van der Waals surface area contributed by atoms with E-state index in [4.69, 9.17) is 24.8 Å². The van der Waals surface area contributed by atoms with E-state index in [9.17, 15) is 19.0 Å². The van der Waals surface area contributed by atoms with Gasteiger partial charge in [-0.3, -0.25) is 18.6 Å². The van der Waals surface area contributed by atoms with Crippen LogP contribution in [0, 0.1) is 0 Å². The topological polar surface area (TPSA) is 155 Å². The molecule has 0 heterocycles. The number of rotatable bonds is 33. The first-order valence-corrected chi connectivity index (χ1v) is 18.7. The van der Waals surface area contributed by atoms with Gasteiger partial charge in [0.15, 0.2) is 0 Å². The van der Waals surface area contributed by atoms with E-state index in [0.717, 1.165) is 57.8 Å². The Morgan fingerprint density at radius 2 is 1.18 bits per heavy atom. The Morgan fingerprint density at radius 1 is 0.705 bits per heavy atom. The maximum Gasteiger partial charge on any atom is 0.472 e. The minimum absolute atomic E-state index is 0.0176. The van der Waals surface area contributed by atoms with Crippen molar-refractivity contribution < 1.29 is 42.7 Å². The van der Waals surface area contributed by atoms with Crippen LogP contribution >= 0.6 is 7.82 Å². The molecule has 0 saturated heterocycles. The second-order valence-electron chi connectivity index (χ2n) is 11.6. The molecule has 0 aliphatic rings. The molecule has 0 bridgehead atoms. The Bertz CT molecular complexity index is 766. The summed E-state index contributed by atoms with van der Waals surface area (Å²) in [4.78, 5) is 33.2. The van der Waals surface area contributed by atoms with Crippen molar-refractivity contribution in [3.05, 3.63) is 12.2 Å². The smallest absolute Gasteiger partial charge is 0.472 e. The summed E-state index contributed by atoms with van der Waals surface area (Å²) in [6.07, 6.45) is 26.9. The van der Waals surface area contributed by atoms with Crippen LogP contribution in [0.4, 0.5) is 0 Å². The molecule has 0 aromatic rings. The minimum Gasteiger partial charge on any atom is -0.480 e. The highest BCUT2D eigenvalue weighted by Gasteiger charge is 2.27. The highest BCUT2D eigenvalue weighted by atomic mass is 31.2. The molecule has 0 spiro atoms. The zero-order valence-corrected chi connectivity index (χ0v) is 28.7. The van der Waals surface area contributed by atoms with E-state index in [1.807, 2.05) is 0 Å². The number of ether oxygens (including phenoxy) is 2. The van der Waals surface area contributed by atoms with Gasteiger partial charge in [-0.15, -0.1) is 0 Å². The highest BCUT2D eigenvalue weighted by molar-refractivity contribution is 7.47. The average molecular weight is 650 g/mol. The predicted octanol–water partition coefficient (Wildman–Crippen LogP) is 8.25. The predicted molar refractivity (Wildman–Crippen MR) is 175 cm³/mol. The fourth-order valence-corrected chi connectivity index (χ4v) is 5.32. The first-order valence-electron chi connectivity index (χ1n) is 17.2. The number of aliphatic carboxylic acids is 1. The van der Waals surface area contributed by atoms with Crippen molar-refractivity contribution in [2.75, 3.05) is 26.4 Å². The molecule has 0 aromatic carbocycles. The number of allylic oxidation sites excluding steroid dienone is 2. The number of carboxylic acids is 1. The van der Waals surface area contributed by atoms with Gasteiger partial charge in [0.05, 0.1) is 19.8 Å². The highest BCUT2D eigenvalue weighted by Crippen LogP contribution is 2.43. The van der Waals surface area contributed by atoms with Crippen molar-refractivity contribution in [3.8, 4) is 0 Å². The number of unbranched alkanes of at least 4 members (excludes halogenated alkanes) is 17. The van der Waals surface area contributed by atoms with Gasteiger partial charge in [-0.05, 0) is 38.5 Å². The lowest BCUT2D eigenvalue weighted by atomic mass is 10.1. The summed E-state index contributed by atoms with van der Waals surface area (Å²) >= 11 is 0. The van der Waals surface area contributed by atoms with Gasteiger partial charge in [0.2, 0.25) is 0 Å². The Balaban J connectivity index is 4.37. The monoisotopic (exact) mass is 649 g/mol. The van der Waals surface area contributed by atoms with Gasteiger partial charge in [0.1, 0.15) is 12.1 Å². The molecule has 3 unspecified atom stereocenters. The third-order valence-corrected chi connectivity index (χ3v) is 8.25. The average Bonchev–Trinajstić information content (AvgIpc) is 2.99. The van der Waals surface area contributed by atoms with E-state index in [-0.39, 0.29) is 13.0 Å². The molecular formula is C33H64NO9P. The van der Waals surface area contributed by atoms with Gasteiger partial charge >= 0.3 is 19.8 Å². The number of nitrogens with two attached hydrogens (primary N) is 1. The van der Waals surface area contributed by atoms with Crippen LogP contribution < -0.4 is 5.73 Å². The first-order chi connectivity index (χ1) is 21.2. The molecule has 0 rings (SSSR count). The maximum atomic E-state index is 12.5. The van der Waals surface area contributed by atoms with Crippen molar-refractivity contribution in [2.45, 2.75) is 161 Å². The molecule has 3 atom stereocenters. The number of carboxylic acid groups (broad SMARTS) is 1.